The van der Waals surface area contributed by atoms with Gasteiger partial charge in [-0.1, -0.05) is 6.07 Å². The molecule has 2 heterocycles. The smallest absolute Gasteiger partial charge is 0.280 e. The average molecular weight is 427 g/mol. The molecule has 2 N–H and O–H groups in total. The van der Waals surface area contributed by atoms with Crippen molar-refractivity contribution in [2.24, 2.45) is 0 Å². The second-order valence-corrected chi connectivity index (χ2v) is 7.78. The quantitative estimate of drug-likeness (QED) is 0.615. The summed E-state index contributed by atoms with van der Waals surface area (Å²) < 4.78 is 24.7. The van der Waals surface area contributed by atoms with Gasteiger partial charge in [0.1, 0.15) is 17.3 Å². The number of ether oxygens (including phenoxy) is 2. The van der Waals surface area contributed by atoms with Crippen molar-refractivity contribution in [1.29, 1.82) is 0 Å². The highest BCUT2D eigenvalue weighted by atomic mass is 32.1. The fraction of sp³-hybridized carbons (Fsp3) is 0.190. The van der Waals surface area contributed by atoms with Crippen molar-refractivity contribution in [2.45, 2.75) is 19.4 Å². The Kier molecular flexibility index (Phi) is 4.90. The molecular formula is C21H18FN3O4S. The number of amides is 2. The number of aromatic nitrogens is 1. The SMILES string of the molecule is COc1ccc(F)cc1-c1csc(NC(=O)C2(C)Oc3ccc(C)cc3NC2=O)n1. The highest BCUT2D eigenvalue weighted by Gasteiger charge is 2.47. The summed E-state index contributed by atoms with van der Waals surface area (Å²) in [7, 11) is 1.48. The van der Waals surface area contributed by atoms with E-state index in [4.69, 9.17) is 9.47 Å². The minimum atomic E-state index is -1.77. The van der Waals surface area contributed by atoms with Crippen LogP contribution in [-0.4, -0.2) is 29.5 Å². The van der Waals surface area contributed by atoms with Crippen molar-refractivity contribution in [3.05, 3.63) is 53.2 Å². The van der Waals surface area contributed by atoms with Crippen molar-refractivity contribution >= 4 is 34.0 Å². The summed E-state index contributed by atoms with van der Waals surface area (Å²) in [5.41, 5.74) is 0.585. The number of carbonyl (C=O) groups excluding carboxylic acids is 2. The molecule has 3 aromatic rings. The van der Waals surface area contributed by atoms with E-state index in [1.54, 1.807) is 17.5 Å². The van der Waals surface area contributed by atoms with Crippen molar-refractivity contribution in [3.63, 3.8) is 0 Å². The van der Waals surface area contributed by atoms with Crippen LogP contribution in [0.1, 0.15) is 12.5 Å². The first kappa shape index (κ1) is 19.8. The Labute approximate surface area is 175 Å². The molecule has 0 radical (unpaired) electrons. The first-order valence-electron chi connectivity index (χ1n) is 9.02. The Hall–Kier alpha value is -3.46. The monoisotopic (exact) mass is 427 g/mol. The molecule has 0 saturated heterocycles. The molecule has 1 unspecified atom stereocenters. The summed E-state index contributed by atoms with van der Waals surface area (Å²) in [6.45, 7) is 3.28. The third-order valence-electron chi connectivity index (χ3n) is 4.73. The van der Waals surface area contributed by atoms with Crippen LogP contribution in [0.25, 0.3) is 11.3 Å². The molecule has 7 nitrogen and oxygen atoms in total. The maximum Gasteiger partial charge on any atom is 0.280 e. The van der Waals surface area contributed by atoms with E-state index in [0.29, 0.717) is 28.4 Å². The van der Waals surface area contributed by atoms with Gasteiger partial charge in [-0.25, -0.2) is 9.37 Å². The third-order valence-corrected chi connectivity index (χ3v) is 5.48. The van der Waals surface area contributed by atoms with Gasteiger partial charge < -0.3 is 14.8 Å². The first-order valence-corrected chi connectivity index (χ1v) is 9.90. The molecule has 0 aliphatic carbocycles. The third kappa shape index (κ3) is 3.48. The topological polar surface area (TPSA) is 89.5 Å². The van der Waals surface area contributed by atoms with Gasteiger partial charge in [0.2, 0.25) is 0 Å². The highest BCUT2D eigenvalue weighted by Crippen LogP contribution is 2.36. The summed E-state index contributed by atoms with van der Waals surface area (Å²) in [6, 6.07) is 9.39. The molecule has 30 heavy (non-hydrogen) atoms. The zero-order valence-corrected chi connectivity index (χ0v) is 17.2. The molecule has 0 bridgehead atoms. The zero-order chi connectivity index (χ0) is 21.5. The van der Waals surface area contributed by atoms with Crippen LogP contribution in [0.5, 0.6) is 11.5 Å². The minimum absolute atomic E-state index is 0.244. The van der Waals surface area contributed by atoms with E-state index >= 15 is 0 Å². The zero-order valence-electron chi connectivity index (χ0n) is 16.4. The fourth-order valence-corrected chi connectivity index (χ4v) is 3.75. The number of anilines is 2. The van der Waals surface area contributed by atoms with E-state index in [9.17, 15) is 14.0 Å². The van der Waals surface area contributed by atoms with E-state index in [0.717, 1.165) is 16.9 Å². The van der Waals surface area contributed by atoms with Crippen LogP contribution in [0.3, 0.4) is 0 Å². The van der Waals surface area contributed by atoms with Gasteiger partial charge >= 0.3 is 0 Å². The number of halogens is 1. The maximum atomic E-state index is 13.7. The van der Waals surface area contributed by atoms with Crippen molar-refractivity contribution in [1.82, 2.24) is 4.98 Å². The van der Waals surface area contributed by atoms with Crippen molar-refractivity contribution in [2.75, 3.05) is 17.7 Å². The summed E-state index contributed by atoms with van der Waals surface area (Å²) in [4.78, 5) is 29.8. The van der Waals surface area contributed by atoms with E-state index in [1.165, 1.54) is 32.2 Å². The number of thiazole rings is 1. The number of benzene rings is 2. The van der Waals surface area contributed by atoms with Crippen LogP contribution in [-0.2, 0) is 9.59 Å². The van der Waals surface area contributed by atoms with Gasteiger partial charge in [0, 0.05) is 10.9 Å². The van der Waals surface area contributed by atoms with Crippen molar-refractivity contribution in [3.8, 4) is 22.8 Å². The number of carbonyl (C=O) groups is 2. The fourth-order valence-electron chi connectivity index (χ4n) is 3.04. The van der Waals surface area contributed by atoms with Gasteiger partial charge in [0.25, 0.3) is 17.4 Å². The van der Waals surface area contributed by atoms with E-state index in [-0.39, 0.29) is 5.13 Å². The summed E-state index contributed by atoms with van der Waals surface area (Å²) in [5, 5.41) is 7.23. The highest BCUT2D eigenvalue weighted by molar-refractivity contribution is 7.14. The molecule has 9 heteroatoms. The normalized spacial score (nSPS) is 17.5. The molecule has 1 atom stereocenters. The van der Waals surface area contributed by atoms with E-state index in [1.807, 2.05) is 13.0 Å². The van der Waals surface area contributed by atoms with E-state index in [2.05, 4.69) is 15.6 Å². The molecule has 2 amide bonds. The molecule has 1 aliphatic rings. The maximum absolute atomic E-state index is 13.7. The Balaban J connectivity index is 1.57. The van der Waals surface area contributed by atoms with Crippen LogP contribution in [0, 0.1) is 12.7 Å². The van der Waals surface area contributed by atoms with Gasteiger partial charge in [-0.2, -0.15) is 0 Å². The molecular weight excluding hydrogens is 409 g/mol. The number of methoxy groups -OCH3 is 1. The largest absolute Gasteiger partial charge is 0.496 e. The molecule has 0 spiro atoms. The van der Waals surface area contributed by atoms with Crippen LogP contribution >= 0.6 is 11.3 Å². The van der Waals surface area contributed by atoms with Crippen LogP contribution in [0.4, 0.5) is 15.2 Å². The Bertz CT molecular complexity index is 1160. The molecule has 4 rings (SSSR count). The second-order valence-electron chi connectivity index (χ2n) is 6.93. The van der Waals surface area contributed by atoms with Gasteiger partial charge in [-0.05, 0) is 49.7 Å². The number of nitrogens with zero attached hydrogens (tertiary/aromatic N) is 1. The molecule has 1 aromatic heterocycles. The predicted octanol–water partition coefficient (Wildman–Crippen LogP) is 3.99. The standard InChI is InChI=1S/C21H18FN3O4S/c1-11-4-6-17-14(8-11)23-18(26)21(2,29-17)19(27)25-20-24-15(10-30-20)13-9-12(22)5-7-16(13)28-3/h4-10H,1-3H3,(H,23,26)(H,24,25,27). The first-order chi connectivity index (χ1) is 14.3. The van der Waals surface area contributed by atoms with Gasteiger partial charge in [-0.15, -0.1) is 11.3 Å². The van der Waals surface area contributed by atoms with Crippen LogP contribution < -0.4 is 20.1 Å². The summed E-state index contributed by atoms with van der Waals surface area (Å²) in [6.07, 6.45) is 0. The summed E-state index contributed by atoms with van der Waals surface area (Å²) >= 11 is 1.14. The van der Waals surface area contributed by atoms with Crippen LogP contribution in [0.15, 0.2) is 41.8 Å². The van der Waals surface area contributed by atoms with Gasteiger partial charge in [0.15, 0.2) is 5.13 Å². The lowest BCUT2D eigenvalue weighted by atomic mass is 10.0. The minimum Gasteiger partial charge on any atom is -0.496 e. The Morgan fingerprint density at radius 1 is 1.30 bits per heavy atom. The van der Waals surface area contributed by atoms with Gasteiger partial charge in [-0.3, -0.25) is 14.9 Å². The molecule has 2 aromatic carbocycles. The second kappa shape index (κ2) is 7.42. The number of nitrogens with one attached hydrogen (secondary N) is 2. The number of hydrogen-bond acceptors (Lipinski definition) is 6. The molecule has 0 saturated carbocycles. The lowest BCUT2D eigenvalue weighted by Gasteiger charge is -2.33. The van der Waals surface area contributed by atoms with E-state index < -0.39 is 23.2 Å². The predicted molar refractivity (Wildman–Crippen MR) is 112 cm³/mol. The number of fused-ring (bicyclic) bond motifs is 1. The lowest BCUT2D eigenvalue weighted by Crippen LogP contribution is -2.56. The summed E-state index contributed by atoms with van der Waals surface area (Å²) in [5.74, 6) is -0.825. The lowest BCUT2D eigenvalue weighted by molar-refractivity contribution is -0.143. The van der Waals surface area contributed by atoms with Crippen molar-refractivity contribution < 1.29 is 23.5 Å². The average Bonchev–Trinajstić information content (AvgIpc) is 3.17. The number of rotatable bonds is 4. The Morgan fingerprint density at radius 3 is 2.87 bits per heavy atom. The molecule has 0 fully saturated rings. The molecule has 1 aliphatic heterocycles. The number of aryl methyl sites for hydroxylation is 1. The van der Waals surface area contributed by atoms with Crippen LogP contribution in [0.2, 0.25) is 0 Å². The molecule has 154 valence electrons. The van der Waals surface area contributed by atoms with Gasteiger partial charge in [0.05, 0.1) is 18.5 Å². The number of hydrogen-bond donors (Lipinski definition) is 2. The Morgan fingerprint density at radius 2 is 2.10 bits per heavy atom.